The Morgan fingerprint density at radius 2 is 2.16 bits per heavy atom. The highest BCUT2D eigenvalue weighted by molar-refractivity contribution is 5.18. The maximum absolute atomic E-state index is 5.02. The van der Waals surface area contributed by atoms with Crippen LogP contribution in [0.15, 0.2) is 36.7 Å². The van der Waals surface area contributed by atoms with Crippen molar-refractivity contribution in [3.63, 3.8) is 0 Å². The van der Waals surface area contributed by atoms with Crippen LogP contribution in [0, 0.1) is 0 Å². The highest BCUT2D eigenvalue weighted by Crippen LogP contribution is 2.16. The van der Waals surface area contributed by atoms with Gasteiger partial charge in [0.25, 0.3) is 0 Å². The summed E-state index contributed by atoms with van der Waals surface area (Å²) in [5.74, 6) is 0.528. The standard InChI is InChI=1S/C14H18N4O/c1-3-16-13(9-11-5-4-8-15-10-11)12-6-7-14(19-2)18-17-12/h4-8,10,13,16H,3,9H2,1-2H3. The molecule has 2 aromatic heterocycles. The lowest BCUT2D eigenvalue weighted by molar-refractivity contribution is 0.389. The van der Waals surface area contributed by atoms with E-state index < -0.39 is 0 Å². The summed E-state index contributed by atoms with van der Waals surface area (Å²) >= 11 is 0. The molecule has 0 spiro atoms. The maximum atomic E-state index is 5.02. The van der Waals surface area contributed by atoms with Crippen molar-refractivity contribution in [1.82, 2.24) is 20.5 Å². The molecule has 0 saturated heterocycles. The number of methoxy groups -OCH3 is 1. The SMILES string of the molecule is CCNC(Cc1cccnc1)c1ccc(OC)nn1. The molecule has 100 valence electrons. The van der Waals surface area contributed by atoms with E-state index >= 15 is 0 Å². The van der Waals surface area contributed by atoms with Crippen molar-refractivity contribution in [2.24, 2.45) is 0 Å². The molecule has 0 saturated carbocycles. The Bertz CT molecular complexity index is 487. The zero-order valence-electron chi connectivity index (χ0n) is 11.2. The third-order valence-corrected chi connectivity index (χ3v) is 2.84. The molecule has 0 fully saturated rings. The minimum Gasteiger partial charge on any atom is -0.480 e. The zero-order valence-corrected chi connectivity index (χ0v) is 11.2. The van der Waals surface area contributed by atoms with Gasteiger partial charge in [-0.3, -0.25) is 4.98 Å². The largest absolute Gasteiger partial charge is 0.480 e. The molecule has 2 aromatic rings. The number of hydrogen-bond acceptors (Lipinski definition) is 5. The molecule has 19 heavy (non-hydrogen) atoms. The van der Waals surface area contributed by atoms with E-state index in [2.05, 4.69) is 33.5 Å². The third-order valence-electron chi connectivity index (χ3n) is 2.84. The Hall–Kier alpha value is -2.01. The third kappa shape index (κ3) is 3.72. The molecule has 5 heteroatoms. The Balaban J connectivity index is 2.14. The fourth-order valence-corrected chi connectivity index (χ4v) is 1.91. The van der Waals surface area contributed by atoms with E-state index in [9.17, 15) is 0 Å². The summed E-state index contributed by atoms with van der Waals surface area (Å²) in [6.45, 7) is 2.95. The molecule has 0 bridgehead atoms. The van der Waals surface area contributed by atoms with Gasteiger partial charge < -0.3 is 10.1 Å². The van der Waals surface area contributed by atoms with Crippen LogP contribution in [0.25, 0.3) is 0 Å². The van der Waals surface area contributed by atoms with E-state index in [1.165, 1.54) is 5.56 Å². The summed E-state index contributed by atoms with van der Waals surface area (Å²) in [7, 11) is 1.58. The Morgan fingerprint density at radius 1 is 1.26 bits per heavy atom. The van der Waals surface area contributed by atoms with Gasteiger partial charge in [0.2, 0.25) is 5.88 Å². The number of aromatic nitrogens is 3. The Morgan fingerprint density at radius 3 is 2.74 bits per heavy atom. The quantitative estimate of drug-likeness (QED) is 0.855. The lowest BCUT2D eigenvalue weighted by Crippen LogP contribution is -2.24. The molecule has 5 nitrogen and oxygen atoms in total. The number of nitrogens with zero attached hydrogens (tertiary/aromatic N) is 3. The van der Waals surface area contributed by atoms with E-state index in [1.54, 1.807) is 13.3 Å². The van der Waals surface area contributed by atoms with Crippen LogP contribution in [-0.2, 0) is 6.42 Å². The molecule has 2 rings (SSSR count). The summed E-state index contributed by atoms with van der Waals surface area (Å²) in [6.07, 6.45) is 4.49. The van der Waals surface area contributed by atoms with Gasteiger partial charge in [-0.1, -0.05) is 13.0 Å². The van der Waals surface area contributed by atoms with Gasteiger partial charge in [0.1, 0.15) is 0 Å². The number of likely N-dealkylation sites (N-methyl/N-ethyl adjacent to an activating group) is 1. The summed E-state index contributed by atoms with van der Waals surface area (Å²) < 4.78 is 5.02. The van der Waals surface area contributed by atoms with E-state index in [0.717, 1.165) is 18.7 Å². The highest BCUT2D eigenvalue weighted by atomic mass is 16.5. The Labute approximate surface area is 113 Å². The first-order valence-corrected chi connectivity index (χ1v) is 6.33. The van der Waals surface area contributed by atoms with Crippen LogP contribution >= 0.6 is 0 Å². The van der Waals surface area contributed by atoms with Crippen LogP contribution < -0.4 is 10.1 Å². The van der Waals surface area contributed by atoms with Crippen molar-refractivity contribution < 1.29 is 4.74 Å². The first-order valence-electron chi connectivity index (χ1n) is 6.33. The molecule has 0 aliphatic heterocycles. The normalized spacial score (nSPS) is 12.1. The van der Waals surface area contributed by atoms with Crippen molar-refractivity contribution in [3.8, 4) is 5.88 Å². The lowest BCUT2D eigenvalue weighted by Gasteiger charge is -2.16. The second-order valence-corrected chi connectivity index (χ2v) is 4.18. The van der Waals surface area contributed by atoms with Gasteiger partial charge in [0.15, 0.2) is 0 Å². The summed E-state index contributed by atoms with van der Waals surface area (Å²) in [5, 5.41) is 11.6. The first-order chi connectivity index (χ1) is 9.33. The summed E-state index contributed by atoms with van der Waals surface area (Å²) in [4.78, 5) is 4.14. The number of nitrogens with one attached hydrogen (secondary N) is 1. The van der Waals surface area contributed by atoms with Gasteiger partial charge in [0, 0.05) is 18.5 Å². The number of hydrogen-bond donors (Lipinski definition) is 1. The Kier molecular flexibility index (Phi) is 4.80. The van der Waals surface area contributed by atoms with Gasteiger partial charge in [-0.2, -0.15) is 5.10 Å². The molecular formula is C14H18N4O. The number of pyridine rings is 1. The second kappa shape index (κ2) is 6.80. The number of ether oxygens (including phenoxy) is 1. The molecule has 1 atom stereocenters. The molecule has 2 heterocycles. The molecule has 0 amide bonds. The predicted octanol–water partition coefficient (Wildman–Crippen LogP) is 1.77. The van der Waals surface area contributed by atoms with Crippen LogP contribution in [0.5, 0.6) is 5.88 Å². The van der Waals surface area contributed by atoms with E-state index in [4.69, 9.17) is 4.74 Å². The van der Waals surface area contributed by atoms with Crippen molar-refractivity contribution in [2.75, 3.05) is 13.7 Å². The van der Waals surface area contributed by atoms with Crippen molar-refractivity contribution >= 4 is 0 Å². The van der Waals surface area contributed by atoms with Gasteiger partial charge in [-0.15, -0.1) is 5.10 Å². The van der Waals surface area contributed by atoms with Crippen LogP contribution in [0.2, 0.25) is 0 Å². The van der Waals surface area contributed by atoms with Crippen molar-refractivity contribution in [1.29, 1.82) is 0 Å². The van der Waals surface area contributed by atoms with Gasteiger partial charge >= 0.3 is 0 Å². The van der Waals surface area contributed by atoms with Crippen LogP contribution in [-0.4, -0.2) is 28.8 Å². The lowest BCUT2D eigenvalue weighted by atomic mass is 10.0. The number of rotatable bonds is 6. The van der Waals surface area contributed by atoms with Crippen LogP contribution in [0.4, 0.5) is 0 Å². The minimum absolute atomic E-state index is 0.132. The molecule has 0 aliphatic rings. The average Bonchev–Trinajstić information content (AvgIpc) is 2.48. The van der Waals surface area contributed by atoms with E-state index in [-0.39, 0.29) is 6.04 Å². The van der Waals surface area contributed by atoms with Gasteiger partial charge in [-0.05, 0) is 30.7 Å². The maximum Gasteiger partial charge on any atom is 0.233 e. The van der Waals surface area contributed by atoms with Crippen molar-refractivity contribution in [2.45, 2.75) is 19.4 Å². The fourth-order valence-electron chi connectivity index (χ4n) is 1.91. The zero-order chi connectivity index (χ0) is 13.5. The molecule has 0 aromatic carbocycles. The molecule has 1 unspecified atom stereocenters. The van der Waals surface area contributed by atoms with Crippen LogP contribution in [0.1, 0.15) is 24.2 Å². The second-order valence-electron chi connectivity index (χ2n) is 4.18. The topological polar surface area (TPSA) is 59.9 Å². The molecule has 0 radical (unpaired) electrons. The van der Waals surface area contributed by atoms with Gasteiger partial charge in [0.05, 0.1) is 18.8 Å². The van der Waals surface area contributed by atoms with E-state index in [0.29, 0.717) is 5.88 Å². The molecule has 1 N–H and O–H groups in total. The smallest absolute Gasteiger partial charge is 0.233 e. The molecule has 0 aliphatic carbocycles. The van der Waals surface area contributed by atoms with Crippen molar-refractivity contribution in [3.05, 3.63) is 47.9 Å². The fraction of sp³-hybridized carbons (Fsp3) is 0.357. The van der Waals surface area contributed by atoms with E-state index in [1.807, 2.05) is 24.4 Å². The monoisotopic (exact) mass is 258 g/mol. The minimum atomic E-state index is 0.132. The van der Waals surface area contributed by atoms with Gasteiger partial charge in [-0.25, -0.2) is 0 Å². The van der Waals surface area contributed by atoms with Crippen LogP contribution in [0.3, 0.4) is 0 Å². The predicted molar refractivity (Wildman–Crippen MR) is 72.9 cm³/mol. The average molecular weight is 258 g/mol. The first kappa shape index (κ1) is 13.4. The summed E-state index contributed by atoms with van der Waals surface area (Å²) in [6, 6.07) is 7.91. The highest BCUT2D eigenvalue weighted by Gasteiger charge is 2.13. The molecular weight excluding hydrogens is 240 g/mol. The summed E-state index contributed by atoms with van der Waals surface area (Å²) in [5.41, 5.74) is 2.08.